The van der Waals surface area contributed by atoms with E-state index in [4.69, 9.17) is 15.2 Å². The minimum atomic E-state index is -0.273. The lowest BCUT2D eigenvalue weighted by molar-refractivity contribution is -0.167. The number of nitrogens with two attached hydrogens (primary N) is 1. The SMILES string of the molecule is CC(=O)OCC1O[C@@H](N)C(C)[C@@H](C)[C@H]1C. The van der Waals surface area contributed by atoms with E-state index in [0.29, 0.717) is 24.4 Å². The van der Waals surface area contributed by atoms with E-state index in [1.54, 1.807) is 0 Å². The Morgan fingerprint density at radius 3 is 2.40 bits per heavy atom. The molecule has 2 unspecified atom stereocenters. The molecule has 4 nitrogen and oxygen atoms in total. The van der Waals surface area contributed by atoms with Crippen molar-refractivity contribution in [2.45, 2.75) is 40.0 Å². The molecule has 0 bridgehead atoms. The van der Waals surface area contributed by atoms with Gasteiger partial charge < -0.3 is 15.2 Å². The van der Waals surface area contributed by atoms with E-state index in [-0.39, 0.29) is 18.3 Å². The lowest BCUT2D eigenvalue weighted by Gasteiger charge is -2.41. The molecule has 1 heterocycles. The van der Waals surface area contributed by atoms with Gasteiger partial charge in [0.1, 0.15) is 12.8 Å². The molecule has 0 amide bonds. The van der Waals surface area contributed by atoms with Crippen molar-refractivity contribution < 1.29 is 14.3 Å². The van der Waals surface area contributed by atoms with Gasteiger partial charge in [-0.1, -0.05) is 20.8 Å². The summed E-state index contributed by atoms with van der Waals surface area (Å²) in [6.07, 6.45) is -0.327. The number of carbonyl (C=O) groups is 1. The van der Waals surface area contributed by atoms with Crippen molar-refractivity contribution in [3.63, 3.8) is 0 Å². The van der Waals surface area contributed by atoms with Crippen LogP contribution in [0.25, 0.3) is 0 Å². The van der Waals surface area contributed by atoms with Gasteiger partial charge in [-0.2, -0.15) is 0 Å². The summed E-state index contributed by atoms with van der Waals surface area (Å²) in [6, 6.07) is 0. The van der Waals surface area contributed by atoms with Crippen LogP contribution in [0.1, 0.15) is 27.7 Å². The second-order valence-electron chi connectivity index (χ2n) is 4.52. The Bertz CT molecular complexity index is 232. The number of hydrogen-bond donors (Lipinski definition) is 1. The normalized spacial score (nSPS) is 41.3. The van der Waals surface area contributed by atoms with Crippen LogP contribution < -0.4 is 5.73 Å². The molecule has 1 aliphatic heterocycles. The molecule has 0 saturated carbocycles. The van der Waals surface area contributed by atoms with E-state index < -0.39 is 0 Å². The van der Waals surface area contributed by atoms with Gasteiger partial charge in [0, 0.05) is 6.92 Å². The third kappa shape index (κ3) is 2.92. The summed E-state index contributed by atoms with van der Waals surface area (Å²) in [5, 5.41) is 0. The van der Waals surface area contributed by atoms with Crippen molar-refractivity contribution in [3.05, 3.63) is 0 Å². The maximum atomic E-state index is 10.7. The largest absolute Gasteiger partial charge is 0.463 e. The van der Waals surface area contributed by atoms with Crippen LogP contribution in [-0.2, 0) is 14.3 Å². The Morgan fingerprint density at radius 2 is 1.87 bits per heavy atom. The number of ether oxygens (including phenoxy) is 2. The standard InChI is InChI=1S/C11H21NO3/c1-6-7(2)10(5-14-9(4)13)15-11(12)8(6)3/h6-8,10-11H,5,12H2,1-4H3/t6-,7+,8?,10?,11+/m0/s1. The van der Waals surface area contributed by atoms with Crippen molar-refractivity contribution >= 4 is 5.97 Å². The Morgan fingerprint density at radius 1 is 1.27 bits per heavy atom. The summed E-state index contributed by atoms with van der Waals surface area (Å²) >= 11 is 0. The van der Waals surface area contributed by atoms with Gasteiger partial charge in [0.2, 0.25) is 0 Å². The zero-order chi connectivity index (χ0) is 11.6. The third-order valence-electron chi connectivity index (χ3n) is 3.55. The second-order valence-corrected chi connectivity index (χ2v) is 4.52. The van der Waals surface area contributed by atoms with Gasteiger partial charge in [0.15, 0.2) is 0 Å². The third-order valence-corrected chi connectivity index (χ3v) is 3.55. The molecular formula is C11H21NO3. The van der Waals surface area contributed by atoms with Gasteiger partial charge in [0.25, 0.3) is 0 Å². The van der Waals surface area contributed by atoms with Crippen molar-refractivity contribution in [1.29, 1.82) is 0 Å². The van der Waals surface area contributed by atoms with E-state index in [0.717, 1.165) is 0 Å². The minimum Gasteiger partial charge on any atom is -0.463 e. The number of esters is 1. The van der Waals surface area contributed by atoms with Gasteiger partial charge in [-0.15, -0.1) is 0 Å². The smallest absolute Gasteiger partial charge is 0.302 e. The molecule has 4 heteroatoms. The summed E-state index contributed by atoms with van der Waals surface area (Å²) in [7, 11) is 0. The van der Waals surface area contributed by atoms with E-state index in [1.165, 1.54) is 6.92 Å². The highest BCUT2D eigenvalue weighted by atomic mass is 16.6. The first kappa shape index (κ1) is 12.5. The molecule has 88 valence electrons. The average molecular weight is 215 g/mol. The first-order chi connectivity index (χ1) is 6.93. The Balaban J connectivity index is 2.54. The van der Waals surface area contributed by atoms with Crippen LogP contribution in [0.3, 0.4) is 0 Å². The van der Waals surface area contributed by atoms with Crippen LogP contribution in [-0.4, -0.2) is 24.9 Å². The first-order valence-electron chi connectivity index (χ1n) is 5.48. The van der Waals surface area contributed by atoms with Crippen LogP contribution >= 0.6 is 0 Å². The zero-order valence-corrected chi connectivity index (χ0v) is 9.90. The summed E-state index contributed by atoms with van der Waals surface area (Å²) in [6.45, 7) is 8.08. The quantitative estimate of drug-likeness (QED) is 0.702. The average Bonchev–Trinajstić information content (AvgIpc) is 2.18. The topological polar surface area (TPSA) is 61.5 Å². The molecule has 0 spiro atoms. The second kappa shape index (κ2) is 4.94. The zero-order valence-electron chi connectivity index (χ0n) is 9.90. The highest BCUT2D eigenvalue weighted by Crippen LogP contribution is 2.33. The monoisotopic (exact) mass is 215 g/mol. The lowest BCUT2D eigenvalue weighted by Crippen LogP contribution is -2.50. The molecule has 1 saturated heterocycles. The lowest BCUT2D eigenvalue weighted by atomic mass is 9.79. The Labute approximate surface area is 91.1 Å². The molecule has 0 aromatic rings. The van der Waals surface area contributed by atoms with Crippen LogP contribution in [0.5, 0.6) is 0 Å². The first-order valence-corrected chi connectivity index (χ1v) is 5.48. The van der Waals surface area contributed by atoms with E-state index >= 15 is 0 Å². The van der Waals surface area contributed by atoms with Crippen LogP contribution in [0.2, 0.25) is 0 Å². The molecule has 1 rings (SSSR count). The van der Waals surface area contributed by atoms with Gasteiger partial charge in [0.05, 0.1) is 6.10 Å². The Hall–Kier alpha value is -0.610. The molecule has 0 radical (unpaired) electrons. The van der Waals surface area contributed by atoms with Gasteiger partial charge >= 0.3 is 5.97 Å². The number of hydrogen-bond acceptors (Lipinski definition) is 4. The molecule has 15 heavy (non-hydrogen) atoms. The fourth-order valence-corrected chi connectivity index (χ4v) is 1.96. The molecule has 2 N–H and O–H groups in total. The van der Waals surface area contributed by atoms with Crippen molar-refractivity contribution in [2.75, 3.05) is 6.61 Å². The predicted molar refractivity (Wildman–Crippen MR) is 57.0 cm³/mol. The summed E-state index contributed by atoms with van der Waals surface area (Å²) < 4.78 is 10.6. The number of carbonyl (C=O) groups excluding carboxylic acids is 1. The molecule has 0 aromatic carbocycles. The van der Waals surface area contributed by atoms with E-state index in [9.17, 15) is 4.79 Å². The summed E-state index contributed by atoms with van der Waals surface area (Å²) in [4.78, 5) is 10.7. The molecule has 0 aliphatic carbocycles. The highest BCUT2D eigenvalue weighted by Gasteiger charge is 2.37. The maximum Gasteiger partial charge on any atom is 0.302 e. The minimum absolute atomic E-state index is 0.0740. The number of rotatable bonds is 2. The van der Waals surface area contributed by atoms with Crippen molar-refractivity contribution in [2.24, 2.45) is 23.5 Å². The van der Waals surface area contributed by atoms with Crippen molar-refractivity contribution in [1.82, 2.24) is 0 Å². The molecule has 1 fully saturated rings. The van der Waals surface area contributed by atoms with Crippen molar-refractivity contribution in [3.8, 4) is 0 Å². The fraction of sp³-hybridized carbons (Fsp3) is 0.909. The van der Waals surface area contributed by atoms with Gasteiger partial charge in [-0.05, 0) is 17.8 Å². The maximum absolute atomic E-state index is 10.7. The molecular weight excluding hydrogens is 194 g/mol. The highest BCUT2D eigenvalue weighted by molar-refractivity contribution is 5.65. The molecule has 0 aromatic heterocycles. The van der Waals surface area contributed by atoms with Crippen LogP contribution in [0, 0.1) is 17.8 Å². The summed E-state index contributed by atoms with van der Waals surface area (Å²) in [5.74, 6) is 0.910. The Kier molecular flexibility index (Phi) is 4.11. The fourth-order valence-electron chi connectivity index (χ4n) is 1.96. The predicted octanol–water partition coefficient (Wildman–Crippen LogP) is 1.14. The molecule has 1 aliphatic rings. The van der Waals surface area contributed by atoms with Gasteiger partial charge in [-0.25, -0.2) is 0 Å². The van der Waals surface area contributed by atoms with Gasteiger partial charge in [-0.3, -0.25) is 4.79 Å². The van der Waals surface area contributed by atoms with Crippen LogP contribution in [0.15, 0.2) is 0 Å². The summed E-state index contributed by atoms with van der Waals surface area (Å²) in [5.41, 5.74) is 5.86. The van der Waals surface area contributed by atoms with Crippen LogP contribution in [0.4, 0.5) is 0 Å². The molecule has 5 atom stereocenters. The van der Waals surface area contributed by atoms with E-state index in [1.807, 2.05) is 0 Å². The van der Waals surface area contributed by atoms with E-state index in [2.05, 4.69) is 20.8 Å².